The highest BCUT2D eigenvalue weighted by Gasteiger charge is 2.27. The summed E-state index contributed by atoms with van der Waals surface area (Å²) < 4.78 is 18.9. The van der Waals surface area contributed by atoms with E-state index in [4.69, 9.17) is 4.74 Å². The molecule has 0 fully saturated rings. The molecule has 100 valence electrons. The smallest absolute Gasteiger partial charge is 0.123 e. The summed E-state index contributed by atoms with van der Waals surface area (Å²) in [5.41, 5.74) is 1.26. The van der Waals surface area contributed by atoms with Gasteiger partial charge in [0.2, 0.25) is 0 Å². The molecule has 1 nitrogen and oxygen atoms in total. The molecule has 1 aliphatic rings. The van der Waals surface area contributed by atoms with Gasteiger partial charge >= 0.3 is 0 Å². The maximum Gasteiger partial charge on any atom is 0.123 e. The monoisotopic (exact) mass is 314 g/mol. The van der Waals surface area contributed by atoms with Gasteiger partial charge in [-0.15, -0.1) is 0 Å². The van der Waals surface area contributed by atoms with E-state index in [1.807, 2.05) is 0 Å². The second-order valence-corrected chi connectivity index (χ2v) is 7.21. The first-order valence-electron chi connectivity index (χ1n) is 6.45. The van der Waals surface area contributed by atoms with Gasteiger partial charge < -0.3 is 4.74 Å². The zero-order valence-corrected chi connectivity index (χ0v) is 12.8. The number of rotatable bonds is 3. The maximum atomic E-state index is 13.1. The van der Waals surface area contributed by atoms with Crippen LogP contribution in [0.25, 0.3) is 0 Å². The minimum Gasteiger partial charge on any atom is -0.490 e. The van der Waals surface area contributed by atoms with E-state index in [0.717, 1.165) is 30.6 Å². The van der Waals surface area contributed by atoms with Crippen LogP contribution >= 0.6 is 15.9 Å². The van der Waals surface area contributed by atoms with Crippen molar-refractivity contribution in [2.45, 2.75) is 51.0 Å². The molecule has 0 spiro atoms. The summed E-state index contributed by atoms with van der Waals surface area (Å²) in [6.07, 6.45) is 3.11. The molecule has 18 heavy (non-hydrogen) atoms. The van der Waals surface area contributed by atoms with E-state index in [1.165, 1.54) is 6.07 Å². The van der Waals surface area contributed by atoms with E-state index in [2.05, 4.69) is 36.7 Å². The number of hydrogen-bond donors (Lipinski definition) is 0. The maximum absolute atomic E-state index is 13.1. The van der Waals surface area contributed by atoms with Crippen molar-refractivity contribution in [3.63, 3.8) is 0 Å². The van der Waals surface area contributed by atoms with Crippen LogP contribution in [0.1, 0.15) is 39.2 Å². The van der Waals surface area contributed by atoms with Crippen LogP contribution in [0, 0.1) is 11.2 Å². The molecule has 1 aromatic carbocycles. The predicted molar refractivity (Wildman–Crippen MR) is 75.9 cm³/mol. The van der Waals surface area contributed by atoms with E-state index in [1.54, 1.807) is 12.1 Å². The predicted octanol–water partition coefficient (Wildman–Crippen LogP) is 4.72. The van der Waals surface area contributed by atoms with Crippen molar-refractivity contribution in [1.29, 1.82) is 0 Å². The third kappa shape index (κ3) is 3.25. The summed E-state index contributed by atoms with van der Waals surface area (Å²) in [5, 5.41) is 0. The van der Waals surface area contributed by atoms with Crippen LogP contribution < -0.4 is 4.74 Å². The van der Waals surface area contributed by atoms with Gasteiger partial charge in [-0.3, -0.25) is 0 Å². The van der Waals surface area contributed by atoms with Crippen molar-refractivity contribution < 1.29 is 9.13 Å². The van der Waals surface area contributed by atoms with Gasteiger partial charge in [0.1, 0.15) is 17.7 Å². The Morgan fingerprint density at radius 1 is 1.44 bits per heavy atom. The number of hydrogen-bond acceptors (Lipinski definition) is 1. The second-order valence-electron chi connectivity index (χ2n) is 6.11. The number of alkyl halides is 1. The van der Waals surface area contributed by atoms with E-state index in [9.17, 15) is 4.39 Å². The van der Waals surface area contributed by atoms with Gasteiger partial charge in [-0.1, -0.05) is 36.7 Å². The van der Waals surface area contributed by atoms with Crippen LogP contribution in [0.4, 0.5) is 4.39 Å². The molecule has 1 aliphatic heterocycles. The molecule has 0 aliphatic carbocycles. The first kappa shape index (κ1) is 13.9. The van der Waals surface area contributed by atoms with Crippen LogP contribution in [0.3, 0.4) is 0 Å². The van der Waals surface area contributed by atoms with Crippen molar-refractivity contribution in [3.8, 4) is 5.75 Å². The summed E-state index contributed by atoms with van der Waals surface area (Å²) in [7, 11) is 0. The Kier molecular flexibility index (Phi) is 4.00. The highest BCUT2D eigenvalue weighted by Crippen LogP contribution is 2.34. The zero-order valence-electron chi connectivity index (χ0n) is 11.2. The average Bonchev–Trinajstić information content (AvgIpc) is 2.66. The lowest BCUT2D eigenvalue weighted by Gasteiger charge is -2.26. The molecule has 0 amide bonds. The van der Waals surface area contributed by atoms with Crippen molar-refractivity contribution in [2.24, 2.45) is 5.41 Å². The van der Waals surface area contributed by atoms with Crippen molar-refractivity contribution >= 4 is 15.9 Å². The van der Waals surface area contributed by atoms with Crippen molar-refractivity contribution in [2.75, 3.05) is 0 Å². The lowest BCUT2D eigenvalue weighted by Crippen LogP contribution is -2.23. The summed E-state index contributed by atoms with van der Waals surface area (Å²) in [6, 6.07) is 4.79. The van der Waals surface area contributed by atoms with Gasteiger partial charge in [-0.25, -0.2) is 4.39 Å². The Morgan fingerprint density at radius 2 is 2.17 bits per heavy atom. The lowest BCUT2D eigenvalue weighted by molar-refractivity contribution is 0.210. The Hall–Kier alpha value is -0.570. The van der Waals surface area contributed by atoms with E-state index >= 15 is 0 Å². The molecule has 1 heterocycles. The van der Waals surface area contributed by atoms with Crippen LogP contribution in [0.5, 0.6) is 5.75 Å². The van der Waals surface area contributed by atoms with Gasteiger partial charge in [-0.05, 0) is 36.5 Å². The fourth-order valence-electron chi connectivity index (χ4n) is 2.22. The SMILES string of the molecule is CC(C)(C)C(Br)CCC1Cc2cc(F)ccc2O1. The average molecular weight is 315 g/mol. The minimum absolute atomic E-state index is 0.175. The molecule has 3 heteroatoms. The highest BCUT2D eigenvalue weighted by molar-refractivity contribution is 9.09. The molecule has 0 saturated heterocycles. The Balaban J connectivity index is 1.89. The zero-order chi connectivity index (χ0) is 13.3. The Bertz CT molecular complexity index is 425. The van der Waals surface area contributed by atoms with Crippen LogP contribution in [0.2, 0.25) is 0 Å². The summed E-state index contributed by atoms with van der Waals surface area (Å²) in [6.45, 7) is 6.68. The van der Waals surface area contributed by atoms with E-state index in [0.29, 0.717) is 4.83 Å². The third-order valence-electron chi connectivity index (χ3n) is 3.45. The molecular weight excluding hydrogens is 295 g/mol. The molecule has 0 radical (unpaired) electrons. The van der Waals surface area contributed by atoms with Crippen LogP contribution in [-0.2, 0) is 6.42 Å². The van der Waals surface area contributed by atoms with Gasteiger partial charge in [-0.2, -0.15) is 0 Å². The molecule has 0 bridgehead atoms. The Labute approximate surface area is 117 Å². The molecule has 2 rings (SSSR count). The summed E-state index contributed by atoms with van der Waals surface area (Å²) in [4.78, 5) is 0.481. The first-order chi connectivity index (χ1) is 8.36. The minimum atomic E-state index is -0.175. The molecule has 0 N–H and O–H groups in total. The van der Waals surface area contributed by atoms with Gasteiger partial charge in [0.25, 0.3) is 0 Å². The molecule has 2 atom stereocenters. The van der Waals surface area contributed by atoms with Crippen molar-refractivity contribution in [3.05, 3.63) is 29.6 Å². The normalized spacial score (nSPS) is 20.4. The largest absolute Gasteiger partial charge is 0.490 e. The summed E-state index contributed by atoms with van der Waals surface area (Å²) >= 11 is 3.74. The van der Waals surface area contributed by atoms with Crippen molar-refractivity contribution in [1.82, 2.24) is 0 Å². The molecule has 0 saturated carbocycles. The molecule has 0 aromatic heterocycles. The fourth-order valence-corrected chi connectivity index (χ4v) is 2.48. The van der Waals surface area contributed by atoms with Crippen LogP contribution in [0.15, 0.2) is 18.2 Å². The first-order valence-corrected chi connectivity index (χ1v) is 7.37. The van der Waals surface area contributed by atoms with Crippen LogP contribution in [-0.4, -0.2) is 10.9 Å². The van der Waals surface area contributed by atoms with E-state index in [-0.39, 0.29) is 17.3 Å². The number of halogens is 2. The number of fused-ring (bicyclic) bond motifs is 1. The summed E-state index contributed by atoms with van der Waals surface area (Å²) in [5.74, 6) is 0.675. The third-order valence-corrected chi connectivity index (χ3v) is 5.28. The van der Waals surface area contributed by atoms with Gasteiger partial charge in [0, 0.05) is 16.8 Å². The number of ether oxygens (including phenoxy) is 1. The Morgan fingerprint density at radius 3 is 2.83 bits per heavy atom. The molecular formula is C15H20BrFO. The number of benzene rings is 1. The lowest BCUT2D eigenvalue weighted by atomic mass is 9.88. The highest BCUT2D eigenvalue weighted by atomic mass is 79.9. The molecule has 2 unspecified atom stereocenters. The standard InChI is InChI=1S/C15H20BrFO/c1-15(2,3)14(16)7-5-12-9-10-8-11(17)4-6-13(10)18-12/h4,6,8,12,14H,5,7,9H2,1-3H3. The fraction of sp³-hybridized carbons (Fsp3) is 0.600. The van der Waals surface area contributed by atoms with Gasteiger partial charge in [0.15, 0.2) is 0 Å². The topological polar surface area (TPSA) is 9.23 Å². The van der Waals surface area contributed by atoms with Gasteiger partial charge in [0.05, 0.1) is 0 Å². The van der Waals surface area contributed by atoms with E-state index < -0.39 is 0 Å². The second kappa shape index (κ2) is 5.20. The molecule has 1 aromatic rings. The quantitative estimate of drug-likeness (QED) is 0.734.